The third-order valence-corrected chi connectivity index (χ3v) is 33.3. The van der Waals surface area contributed by atoms with Gasteiger partial charge in [0.25, 0.3) is 0 Å². The summed E-state index contributed by atoms with van der Waals surface area (Å²) in [5.74, 6) is 0. The summed E-state index contributed by atoms with van der Waals surface area (Å²) < 4.78 is 6.81. The second kappa shape index (κ2) is 9.57. The SMILES string of the molecule is Cl.Cl.[CH3][Hf]([CH3])(=[SiH2])([CH]1C(N2CCCC2)=Cc2ccccc21)[CH]1C(N2CCCC2)=Cc2ccccc21. The maximum absolute atomic E-state index is 3.61. The molecule has 0 spiro atoms. The van der Waals surface area contributed by atoms with Gasteiger partial charge < -0.3 is 0 Å². The summed E-state index contributed by atoms with van der Waals surface area (Å²) in [4.78, 5) is 5.50. The molecule has 34 heavy (non-hydrogen) atoms. The Hall–Kier alpha value is -0.813. The van der Waals surface area contributed by atoms with Crippen molar-refractivity contribution in [1.29, 1.82) is 0 Å². The first-order chi connectivity index (χ1) is 15.4. The molecule has 0 N–H and O–H groups in total. The summed E-state index contributed by atoms with van der Waals surface area (Å²) >= 11 is -3.61. The van der Waals surface area contributed by atoms with Crippen LogP contribution in [0.15, 0.2) is 59.9 Å². The van der Waals surface area contributed by atoms with Crippen LogP contribution in [-0.2, 0) is 17.1 Å². The molecule has 6 heteroatoms. The fraction of sp³-hybridized carbons (Fsp3) is 0.429. The molecule has 182 valence electrons. The van der Waals surface area contributed by atoms with E-state index in [0.717, 1.165) is 0 Å². The number of likely N-dealkylation sites (tertiary alicyclic amines) is 2. The second-order valence-corrected chi connectivity index (χ2v) is 55.1. The Morgan fingerprint density at radius 1 is 0.647 bits per heavy atom. The molecular formula is C28H38Cl2HfN2Si. The van der Waals surface area contributed by atoms with E-state index in [9.17, 15) is 0 Å². The van der Waals surface area contributed by atoms with E-state index in [1.54, 1.807) is 22.5 Å². The van der Waals surface area contributed by atoms with Gasteiger partial charge in [0.15, 0.2) is 0 Å². The zero-order chi connectivity index (χ0) is 21.9. The topological polar surface area (TPSA) is 6.48 Å². The van der Waals surface area contributed by atoms with Gasteiger partial charge in [-0.25, -0.2) is 0 Å². The van der Waals surface area contributed by atoms with Crippen molar-refractivity contribution in [2.45, 2.75) is 42.4 Å². The van der Waals surface area contributed by atoms with Gasteiger partial charge in [0.2, 0.25) is 0 Å². The van der Waals surface area contributed by atoms with E-state index in [1.165, 1.54) is 63.0 Å². The molecule has 2 atom stereocenters. The molecule has 2 fully saturated rings. The summed E-state index contributed by atoms with van der Waals surface area (Å²) in [5.41, 5.74) is 9.52. The molecule has 2 nitrogen and oxygen atoms in total. The Morgan fingerprint density at radius 3 is 1.38 bits per heavy atom. The number of rotatable bonds is 4. The third kappa shape index (κ3) is 4.11. The number of fused-ring (bicyclic) bond motifs is 2. The van der Waals surface area contributed by atoms with Crippen molar-refractivity contribution < 1.29 is 17.1 Å². The molecule has 0 bridgehead atoms. The zero-order valence-electron chi connectivity index (χ0n) is 20.5. The summed E-state index contributed by atoms with van der Waals surface area (Å²) in [5, 5.41) is 0. The van der Waals surface area contributed by atoms with E-state index in [1.807, 2.05) is 0 Å². The molecular weight excluding hydrogens is 642 g/mol. The van der Waals surface area contributed by atoms with Crippen molar-refractivity contribution in [3.8, 4) is 0 Å². The third-order valence-electron chi connectivity index (χ3n) is 8.65. The van der Waals surface area contributed by atoms with Crippen molar-refractivity contribution in [2.75, 3.05) is 26.2 Å². The molecule has 2 unspecified atom stereocenters. The number of benzene rings is 2. The summed E-state index contributed by atoms with van der Waals surface area (Å²) in [6.07, 6.45) is 10.5. The van der Waals surface area contributed by atoms with Gasteiger partial charge in [-0.1, -0.05) is 0 Å². The monoisotopic (exact) mass is 680 g/mol. The van der Waals surface area contributed by atoms with Gasteiger partial charge in [0.05, 0.1) is 0 Å². The summed E-state index contributed by atoms with van der Waals surface area (Å²) in [6.45, 7) is 7.45. The first-order valence-electron chi connectivity index (χ1n) is 12.6. The van der Waals surface area contributed by atoms with Crippen LogP contribution in [0.2, 0.25) is 9.36 Å². The van der Waals surface area contributed by atoms with Crippen LogP contribution in [0.1, 0.15) is 55.3 Å². The van der Waals surface area contributed by atoms with E-state index < -0.39 is 17.1 Å². The molecule has 0 aromatic heterocycles. The molecule has 2 heterocycles. The minimum absolute atomic E-state index is 0. The van der Waals surface area contributed by atoms with Crippen molar-refractivity contribution >= 4 is 43.9 Å². The minimum atomic E-state index is -3.61. The number of halogens is 2. The van der Waals surface area contributed by atoms with Gasteiger partial charge in [-0.2, -0.15) is 0 Å². The van der Waals surface area contributed by atoms with Gasteiger partial charge in [0.1, 0.15) is 0 Å². The number of hydrogen-bond acceptors (Lipinski definition) is 2. The standard InChI is InChI=1S/2C13H14N.2CH3.2ClH.Hf.H2Si/c2*1-2-6-12-10-13(9-11(12)5-1)14-7-3-4-8-14;;;;;;/h2*1-2,5-6,9-10H,3-4,7-8H2;2*1H3;2*1H;;1H2. The molecule has 0 radical (unpaired) electrons. The maximum atomic E-state index is 2.79. The molecule has 2 aromatic carbocycles. The van der Waals surface area contributed by atoms with Crippen LogP contribution in [0.4, 0.5) is 0 Å². The van der Waals surface area contributed by atoms with Crippen LogP contribution in [-0.4, -0.2) is 42.9 Å². The first kappa shape index (κ1) is 26.3. The number of nitrogens with zero attached hydrogens (tertiary/aromatic N) is 2. The molecule has 0 saturated carbocycles. The van der Waals surface area contributed by atoms with E-state index in [0.29, 0.717) is 7.35 Å². The van der Waals surface area contributed by atoms with Gasteiger partial charge in [-0.3, -0.25) is 0 Å². The second-order valence-electron chi connectivity index (χ2n) is 11.6. The molecule has 2 saturated heterocycles. The van der Waals surface area contributed by atoms with Gasteiger partial charge in [0, 0.05) is 0 Å². The number of hydrogen-bond donors (Lipinski definition) is 0. The zero-order valence-corrected chi connectivity index (χ0v) is 27.1. The Morgan fingerprint density at radius 2 is 1.00 bits per heavy atom. The fourth-order valence-corrected chi connectivity index (χ4v) is 33.6. The van der Waals surface area contributed by atoms with Crippen molar-refractivity contribution in [3.63, 3.8) is 0 Å². The predicted octanol–water partition coefficient (Wildman–Crippen LogP) is 6.55. The van der Waals surface area contributed by atoms with E-state index in [-0.39, 0.29) is 24.8 Å². The van der Waals surface area contributed by atoms with E-state index >= 15 is 0 Å². The predicted molar refractivity (Wildman–Crippen MR) is 151 cm³/mol. The Labute approximate surface area is 220 Å². The van der Waals surface area contributed by atoms with Crippen LogP contribution in [0.3, 0.4) is 0 Å². The van der Waals surface area contributed by atoms with Gasteiger partial charge in [-0.05, 0) is 0 Å². The molecule has 2 aromatic rings. The quantitative estimate of drug-likeness (QED) is 0.339. The van der Waals surface area contributed by atoms with Crippen molar-refractivity contribution in [3.05, 3.63) is 82.2 Å². The van der Waals surface area contributed by atoms with E-state index in [4.69, 9.17) is 0 Å². The average molecular weight is 680 g/mol. The molecule has 0 amide bonds. The fourth-order valence-electron chi connectivity index (χ4n) is 7.27. The number of allylic oxidation sites excluding steroid dienone is 2. The Bertz CT molecular complexity index is 1110. The van der Waals surface area contributed by atoms with Gasteiger partial charge in [-0.15, -0.1) is 24.8 Å². The Balaban J connectivity index is 0.00000137. The first-order valence-corrected chi connectivity index (χ1v) is 32.3. The summed E-state index contributed by atoms with van der Waals surface area (Å²) in [7, 11) is 0. The van der Waals surface area contributed by atoms with Crippen LogP contribution in [0.25, 0.3) is 12.2 Å². The van der Waals surface area contributed by atoms with Crippen LogP contribution in [0.5, 0.6) is 0 Å². The molecule has 2 aliphatic heterocycles. The van der Waals surface area contributed by atoms with Crippen molar-refractivity contribution in [1.82, 2.24) is 9.80 Å². The Kier molecular flexibility index (Phi) is 7.39. The normalized spacial score (nSPS) is 23.6. The summed E-state index contributed by atoms with van der Waals surface area (Å²) in [6, 6.07) is 18.7. The van der Waals surface area contributed by atoms with E-state index in [2.05, 4.69) is 86.8 Å². The van der Waals surface area contributed by atoms with Gasteiger partial charge >= 0.3 is 197 Å². The van der Waals surface area contributed by atoms with Crippen LogP contribution < -0.4 is 0 Å². The average Bonchev–Trinajstić information content (AvgIpc) is 3.57. The van der Waals surface area contributed by atoms with Crippen molar-refractivity contribution in [2.24, 2.45) is 0 Å². The van der Waals surface area contributed by atoms with Crippen LogP contribution >= 0.6 is 24.8 Å². The molecule has 2 aliphatic carbocycles. The van der Waals surface area contributed by atoms with Crippen LogP contribution in [0, 0.1) is 0 Å². The molecule has 4 aliphatic rings. The molecule has 6 rings (SSSR count).